The van der Waals surface area contributed by atoms with Crippen LogP contribution in [0.5, 0.6) is 0 Å². The molecule has 0 aliphatic heterocycles. The third-order valence-corrected chi connectivity index (χ3v) is 3.34. The van der Waals surface area contributed by atoms with E-state index in [0.29, 0.717) is 27.0 Å². The zero-order valence-electron chi connectivity index (χ0n) is 10.2. The summed E-state index contributed by atoms with van der Waals surface area (Å²) in [7, 11) is 0. The molecule has 0 aliphatic carbocycles. The average molecular weight is 295 g/mol. The van der Waals surface area contributed by atoms with Crippen LogP contribution in [-0.2, 0) is 0 Å². The summed E-state index contributed by atoms with van der Waals surface area (Å²) in [5.41, 5.74) is 8.10. The van der Waals surface area contributed by atoms with Crippen LogP contribution in [0.25, 0.3) is 0 Å². The van der Waals surface area contributed by atoms with E-state index in [1.165, 1.54) is 0 Å². The molecule has 3 nitrogen and oxygen atoms in total. The Morgan fingerprint density at radius 2 is 1.89 bits per heavy atom. The van der Waals surface area contributed by atoms with Crippen molar-refractivity contribution in [2.45, 2.75) is 6.92 Å². The fraction of sp³-hybridized carbons (Fsp3) is 0.0714. The SMILES string of the molecule is Cc1cc(C(=O)Nc2ccc(Cl)cc2N)ccc1Cl. The molecular formula is C14H12Cl2N2O. The molecule has 0 radical (unpaired) electrons. The molecule has 5 heteroatoms. The van der Waals surface area contributed by atoms with Gasteiger partial charge in [-0.15, -0.1) is 0 Å². The Balaban J connectivity index is 2.23. The molecule has 2 rings (SSSR count). The van der Waals surface area contributed by atoms with Crippen molar-refractivity contribution in [3.63, 3.8) is 0 Å². The summed E-state index contributed by atoms with van der Waals surface area (Å²) < 4.78 is 0. The normalized spacial score (nSPS) is 10.3. The Bertz CT molecular complexity index is 641. The average Bonchev–Trinajstić information content (AvgIpc) is 2.36. The van der Waals surface area contributed by atoms with Crippen LogP contribution in [0.4, 0.5) is 11.4 Å². The highest BCUT2D eigenvalue weighted by Gasteiger charge is 2.09. The zero-order chi connectivity index (χ0) is 14.0. The van der Waals surface area contributed by atoms with E-state index in [-0.39, 0.29) is 5.91 Å². The Labute approximate surface area is 121 Å². The summed E-state index contributed by atoms with van der Waals surface area (Å²) >= 11 is 11.7. The first kappa shape index (κ1) is 13.7. The molecule has 0 spiro atoms. The van der Waals surface area contributed by atoms with Crippen molar-refractivity contribution in [1.82, 2.24) is 0 Å². The number of nitrogen functional groups attached to an aromatic ring is 1. The lowest BCUT2D eigenvalue weighted by Crippen LogP contribution is -2.13. The standard InChI is InChI=1S/C14H12Cl2N2O/c1-8-6-9(2-4-11(8)16)14(19)18-13-5-3-10(15)7-12(13)17/h2-7H,17H2,1H3,(H,18,19). The third-order valence-electron chi connectivity index (χ3n) is 2.68. The summed E-state index contributed by atoms with van der Waals surface area (Å²) in [6.45, 7) is 1.84. The quantitative estimate of drug-likeness (QED) is 0.818. The van der Waals surface area contributed by atoms with E-state index in [1.807, 2.05) is 6.92 Å². The first-order valence-electron chi connectivity index (χ1n) is 5.60. The number of nitrogens with one attached hydrogen (secondary N) is 1. The summed E-state index contributed by atoms with van der Waals surface area (Å²) in [6, 6.07) is 10.0. The molecule has 3 N–H and O–H groups in total. The number of halogens is 2. The number of benzene rings is 2. The van der Waals surface area contributed by atoms with Crippen molar-refractivity contribution in [3.05, 3.63) is 57.6 Å². The Kier molecular flexibility index (Phi) is 3.98. The largest absolute Gasteiger partial charge is 0.397 e. The topological polar surface area (TPSA) is 55.1 Å². The predicted molar refractivity (Wildman–Crippen MR) is 80.0 cm³/mol. The van der Waals surface area contributed by atoms with Gasteiger partial charge in [-0.05, 0) is 48.9 Å². The molecule has 19 heavy (non-hydrogen) atoms. The van der Waals surface area contributed by atoms with Crippen LogP contribution < -0.4 is 11.1 Å². The summed E-state index contributed by atoms with van der Waals surface area (Å²) in [5, 5.41) is 3.89. The van der Waals surface area contributed by atoms with Crippen molar-refractivity contribution in [2.75, 3.05) is 11.1 Å². The van der Waals surface area contributed by atoms with Crippen molar-refractivity contribution in [1.29, 1.82) is 0 Å². The molecule has 0 unspecified atom stereocenters. The maximum Gasteiger partial charge on any atom is 0.255 e. The van der Waals surface area contributed by atoms with Crippen molar-refractivity contribution < 1.29 is 4.79 Å². The molecule has 2 aromatic carbocycles. The van der Waals surface area contributed by atoms with Gasteiger partial charge in [0.2, 0.25) is 0 Å². The van der Waals surface area contributed by atoms with Gasteiger partial charge in [0.1, 0.15) is 0 Å². The summed E-state index contributed by atoms with van der Waals surface area (Å²) in [4.78, 5) is 12.1. The maximum atomic E-state index is 12.1. The number of aryl methyl sites for hydroxylation is 1. The van der Waals surface area contributed by atoms with E-state index in [4.69, 9.17) is 28.9 Å². The number of rotatable bonds is 2. The number of amides is 1. The van der Waals surface area contributed by atoms with Crippen LogP contribution in [0.2, 0.25) is 10.0 Å². The molecular weight excluding hydrogens is 283 g/mol. The number of carbonyl (C=O) groups excluding carboxylic acids is 1. The van der Waals surface area contributed by atoms with Gasteiger partial charge in [-0.3, -0.25) is 4.79 Å². The molecule has 0 atom stereocenters. The molecule has 98 valence electrons. The fourth-order valence-electron chi connectivity index (χ4n) is 1.63. The number of hydrogen-bond donors (Lipinski definition) is 2. The third kappa shape index (κ3) is 3.19. The zero-order valence-corrected chi connectivity index (χ0v) is 11.7. The van der Waals surface area contributed by atoms with Gasteiger partial charge in [-0.25, -0.2) is 0 Å². The number of carbonyl (C=O) groups is 1. The Hall–Kier alpha value is -1.71. The highest BCUT2D eigenvalue weighted by Crippen LogP contribution is 2.24. The van der Waals surface area contributed by atoms with Gasteiger partial charge in [-0.2, -0.15) is 0 Å². The van der Waals surface area contributed by atoms with E-state index < -0.39 is 0 Å². The van der Waals surface area contributed by atoms with Gasteiger partial charge < -0.3 is 11.1 Å². The molecule has 0 saturated heterocycles. The highest BCUT2D eigenvalue weighted by atomic mass is 35.5. The van der Waals surface area contributed by atoms with Gasteiger partial charge in [-0.1, -0.05) is 23.2 Å². The lowest BCUT2D eigenvalue weighted by molar-refractivity contribution is 0.102. The minimum absolute atomic E-state index is 0.242. The van der Waals surface area contributed by atoms with Gasteiger partial charge in [0, 0.05) is 15.6 Å². The van der Waals surface area contributed by atoms with Gasteiger partial charge >= 0.3 is 0 Å². The van der Waals surface area contributed by atoms with E-state index in [0.717, 1.165) is 5.56 Å². The van der Waals surface area contributed by atoms with Crippen LogP contribution in [0.1, 0.15) is 15.9 Å². The van der Waals surface area contributed by atoms with Crippen LogP contribution in [0.15, 0.2) is 36.4 Å². The fourth-order valence-corrected chi connectivity index (χ4v) is 1.93. The van der Waals surface area contributed by atoms with Crippen LogP contribution in [0.3, 0.4) is 0 Å². The first-order valence-corrected chi connectivity index (χ1v) is 6.35. The van der Waals surface area contributed by atoms with Crippen molar-refractivity contribution >= 4 is 40.5 Å². The van der Waals surface area contributed by atoms with Gasteiger partial charge in [0.25, 0.3) is 5.91 Å². The van der Waals surface area contributed by atoms with E-state index in [2.05, 4.69) is 5.32 Å². The summed E-state index contributed by atoms with van der Waals surface area (Å²) in [6.07, 6.45) is 0. The second-order valence-electron chi connectivity index (χ2n) is 4.15. The molecule has 0 aromatic heterocycles. The number of anilines is 2. The van der Waals surface area contributed by atoms with E-state index >= 15 is 0 Å². The Morgan fingerprint density at radius 3 is 2.53 bits per heavy atom. The van der Waals surface area contributed by atoms with Crippen LogP contribution >= 0.6 is 23.2 Å². The van der Waals surface area contributed by atoms with Crippen molar-refractivity contribution in [3.8, 4) is 0 Å². The van der Waals surface area contributed by atoms with Gasteiger partial charge in [0.15, 0.2) is 0 Å². The Morgan fingerprint density at radius 1 is 1.16 bits per heavy atom. The van der Waals surface area contributed by atoms with E-state index in [1.54, 1.807) is 36.4 Å². The lowest BCUT2D eigenvalue weighted by atomic mass is 10.1. The number of hydrogen-bond acceptors (Lipinski definition) is 2. The molecule has 1 amide bonds. The molecule has 0 aliphatic rings. The molecule has 0 fully saturated rings. The molecule has 2 aromatic rings. The maximum absolute atomic E-state index is 12.1. The molecule has 0 saturated carbocycles. The number of nitrogens with two attached hydrogens (primary N) is 1. The minimum atomic E-state index is -0.242. The second-order valence-corrected chi connectivity index (χ2v) is 4.99. The first-order chi connectivity index (χ1) is 8.97. The minimum Gasteiger partial charge on any atom is -0.397 e. The predicted octanol–water partition coefficient (Wildman–Crippen LogP) is 4.14. The van der Waals surface area contributed by atoms with Crippen molar-refractivity contribution in [2.24, 2.45) is 0 Å². The lowest BCUT2D eigenvalue weighted by Gasteiger charge is -2.09. The van der Waals surface area contributed by atoms with E-state index in [9.17, 15) is 4.79 Å². The summed E-state index contributed by atoms with van der Waals surface area (Å²) in [5.74, 6) is -0.242. The smallest absolute Gasteiger partial charge is 0.255 e. The van der Waals surface area contributed by atoms with Gasteiger partial charge in [0.05, 0.1) is 11.4 Å². The molecule has 0 heterocycles. The van der Waals surface area contributed by atoms with Crippen LogP contribution in [-0.4, -0.2) is 5.91 Å². The van der Waals surface area contributed by atoms with Crippen LogP contribution in [0, 0.1) is 6.92 Å². The highest BCUT2D eigenvalue weighted by molar-refractivity contribution is 6.31. The second kappa shape index (κ2) is 5.51. The molecule has 0 bridgehead atoms. The monoisotopic (exact) mass is 294 g/mol.